The van der Waals surface area contributed by atoms with Crippen LogP contribution in [0.15, 0.2) is 30.3 Å². The lowest BCUT2D eigenvalue weighted by Gasteiger charge is -2.18. The highest BCUT2D eigenvalue weighted by molar-refractivity contribution is 5.71. The molecular formula is C11H13NO3. The molecule has 1 aromatic carbocycles. The molecule has 15 heavy (non-hydrogen) atoms. The van der Waals surface area contributed by atoms with Gasteiger partial charge in [0.25, 0.3) is 0 Å². The number of hydrogen-bond acceptors (Lipinski definition) is 3. The van der Waals surface area contributed by atoms with E-state index in [-0.39, 0.29) is 6.54 Å². The number of hydrogen-bond donors (Lipinski definition) is 0. The number of methoxy groups -OCH3 is 1. The first-order valence-corrected chi connectivity index (χ1v) is 4.58. The zero-order valence-electron chi connectivity index (χ0n) is 8.55. The van der Waals surface area contributed by atoms with E-state index < -0.39 is 6.09 Å². The normalized spacial score (nSPS) is 9.40. The van der Waals surface area contributed by atoms with Crippen LogP contribution in [0, 0.1) is 0 Å². The van der Waals surface area contributed by atoms with Gasteiger partial charge in [-0.2, -0.15) is 0 Å². The molecule has 0 unspecified atom stereocenters. The molecule has 0 saturated heterocycles. The SMILES string of the molecule is COC(=O)N(CC=O)Cc1ccccc1. The van der Waals surface area contributed by atoms with Crippen LogP contribution in [0.5, 0.6) is 0 Å². The standard InChI is InChI=1S/C11H13NO3/c1-15-11(14)12(7-8-13)9-10-5-3-2-4-6-10/h2-6,8H,7,9H2,1H3. The van der Waals surface area contributed by atoms with Crippen molar-refractivity contribution in [3.05, 3.63) is 35.9 Å². The number of carbonyl (C=O) groups excluding carboxylic acids is 2. The Morgan fingerprint density at radius 2 is 2.07 bits per heavy atom. The number of aldehydes is 1. The molecule has 1 aromatic rings. The molecule has 4 heteroatoms. The minimum absolute atomic E-state index is 0.0432. The van der Waals surface area contributed by atoms with Crippen molar-refractivity contribution in [3.63, 3.8) is 0 Å². The maximum atomic E-state index is 11.3. The number of carbonyl (C=O) groups is 2. The lowest BCUT2D eigenvalue weighted by atomic mass is 10.2. The molecule has 0 aliphatic rings. The molecule has 0 N–H and O–H groups in total. The quantitative estimate of drug-likeness (QED) is 0.702. The summed E-state index contributed by atoms with van der Waals surface area (Å²) in [5.74, 6) is 0. The Balaban J connectivity index is 2.66. The van der Waals surface area contributed by atoms with E-state index in [2.05, 4.69) is 4.74 Å². The fourth-order valence-electron chi connectivity index (χ4n) is 1.23. The van der Waals surface area contributed by atoms with Crippen molar-refractivity contribution in [2.24, 2.45) is 0 Å². The van der Waals surface area contributed by atoms with Gasteiger partial charge < -0.3 is 9.53 Å². The molecule has 0 aliphatic carbocycles. The Kier molecular flexibility index (Phi) is 4.34. The highest BCUT2D eigenvalue weighted by atomic mass is 16.5. The minimum atomic E-state index is -0.494. The van der Waals surface area contributed by atoms with Crippen LogP contribution in [0.2, 0.25) is 0 Å². The van der Waals surface area contributed by atoms with Gasteiger partial charge >= 0.3 is 6.09 Å². The van der Waals surface area contributed by atoms with Crippen molar-refractivity contribution in [2.75, 3.05) is 13.7 Å². The highest BCUT2D eigenvalue weighted by Gasteiger charge is 2.12. The molecule has 0 atom stereocenters. The van der Waals surface area contributed by atoms with Gasteiger partial charge in [-0.15, -0.1) is 0 Å². The van der Waals surface area contributed by atoms with Gasteiger partial charge in [0.15, 0.2) is 0 Å². The van der Waals surface area contributed by atoms with Gasteiger partial charge in [0.2, 0.25) is 0 Å². The van der Waals surface area contributed by atoms with Gasteiger partial charge in [-0.3, -0.25) is 4.90 Å². The lowest BCUT2D eigenvalue weighted by molar-refractivity contribution is -0.108. The third-order valence-corrected chi connectivity index (χ3v) is 1.94. The van der Waals surface area contributed by atoms with Gasteiger partial charge in [0.05, 0.1) is 13.7 Å². The largest absolute Gasteiger partial charge is 0.453 e. The van der Waals surface area contributed by atoms with Crippen LogP contribution in [0.1, 0.15) is 5.56 Å². The average molecular weight is 207 g/mol. The maximum absolute atomic E-state index is 11.3. The predicted octanol–water partition coefficient (Wildman–Crippen LogP) is 1.45. The third kappa shape index (κ3) is 3.42. The van der Waals surface area contributed by atoms with Gasteiger partial charge in [0, 0.05) is 6.54 Å². The van der Waals surface area contributed by atoms with E-state index in [9.17, 15) is 9.59 Å². The van der Waals surface area contributed by atoms with Gasteiger partial charge in [-0.05, 0) is 5.56 Å². The van der Waals surface area contributed by atoms with Crippen molar-refractivity contribution in [1.82, 2.24) is 4.90 Å². The Labute approximate surface area is 88.5 Å². The Hall–Kier alpha value is -1.84. The summed E-state index contributed by atoms with van der Waals surface area (Å²) < 4.78 is 4.57. The van der Waals surface area contributed by atoms with Crippen molar-refractivity contribution in [3.8, 4) is 0 Å². The maximum Gasteiger partial charge on any atom is 0.410 e. The molecule has 0 spiro atoms. The van der Waals surface area contributed by atoms with Gasteiger partial charge in [0.1, 0.15) is 6.29 Å². The molecule has 0 radical (unpaired) electrons. The molecule has 0 aromatic heterocycles. The van der Waals surface area contributed by atoms with E-state index >= 15 is 0 Å². The summed E-state index contributed by atoms with van der Waals surface area (Å²) in [7, 11) is 1.30. The number of amides is 1. The van der Waals surface area contributed by atoms with E-state index in [0.717, 1.165) is 5.56 Å². The second kappa shape index (κ2) is 5.80. The zero-order valence-corrected chi connectivity index (χ0v) is 8.55. The average Bonchev–Trinajstić information content (AvgIpc) is 2.29. The lowest BCUT2D eigenvalue weighted by Crippen LogP contribution is -2.31. The summed E-state index contributed by atoms with van der Waals surface area (Å²) in [4.78, 5) is 23.0. The Morgan fingerprint density at radius 3 is 2.60 bits per heavy atom. The number of nitrogens with zero attached hydrogens (tertiary/aromatic N) is 1. The fraction of sp³-hybridized carbons (Fsp3) is 0.273. The summed E-state index contributed by atoms with van der Waals surface area (Å²) in [6.45, 7) is 0.424. The molecule has 0 heterocycles. The highest BCUT2D eigenvalue weighted by Crippen LogP contribution is 2.04. The molecule has 0 bridgehead atoms. The molecule has 0 aliphatic heterocycles. The molecule has 1 amide bonds. The summed E-state index contributed by atoms with van der Waals surface area (Å²) in [6.07, 6.45) is 0.186. The van der Waals surface area contributed by atoms with Crippen molar-refractivity contribution < 1.29 is 14.3 Å². The molecule has 0 saturated carbocycles. The van der Waals surface area contributed by atoms with Crippen LogP contribution >= 0.6 is 0 Å². The van der Waals surface area contributed by atoms with Crippen LogP contribution in [-0.2, 0) is 16.1 Å². The van der Waals surface area contributed by atoms with Gasteiger partial charge in [-0.25, -0.2) is 4.79 Å². The Bertz CT molecular complexity index is 324. The third-order valence-electron chi connectivity index (χ3n) is 1.94. The minimum Gasteiger partial charge on any atom is -0.453 e. The first-order valence-electron chi connectivity index (χ1n) is 4.58. The van der Waals surface area contributed by atoms with Crippen LogP contribution in [0.3, 0.4) is 0 Å². The Morgan fingerprint density at radius 1 is 1.40 bits per heavy atom. The van der Waals surface area contributed by atoms with Crippen LogP contribution in [0.4, 0.5) is 4.79 Å². The molecule has 0 fully saturated rings. The molecule has 1 rings (SSSR count). The summed E-state index contributed by atoms with van der Waals surface area (Å²) in [5.41, 5.74) is 0.963. The van der Waals surface area contributed by atoms with Crippen molar-refractivity contribution in [2.45, 2.75) is 6.54 Å². The summed E-state index contributed by atoms with van der Waals surface area (Å²) in [6, 6.07) is 9.44. The van der Waals surface area contributed by atoms with E-state index in [0.29, 0.717) is 12.8 Å². The van der Waals surface area contributed by atoms with Crippen LogP contribution in [-0.4, -0.2) is 30.9 Å². The first-order chi connectivity index (χ1) is 7.27. The van der Waals surface area contributed by atoms with E-state index in [1.807, 2.05) is 30.3 Å². The predicted molar refractivity (Wildman–Crippen MR) is 55.3 cm³/mol. The van der Waals surface area contributed by atoms with Crippen molar-refractivity contribution >= 4 is 12.4 Å². The second-order valence-electron chi connectivity index (χ2n) is 3.00. The topological polar surface area (TPSA) is 46.6 Å². The number of benzene rings is 1. The summed E-state index contributed by atoms with van der Waals surface area (Å²) >= 11 is 0. The van der Waals surface area contributed by atoms with E-state index in [1.54, 1.807) is 0 Å². The van der Waals surface area contributed by atoms with Crippen LogP contribution < -0.4 is 0 Å². The van der Waals surface area contributed by atoms with Crippen LogP contribution in [0.25, 0.3) is 0 Å². The number of rotatable bonds is 4. The first kappa shape index (κ1) is 11.2. The smallest absolute Gasteiger partial charge is 0.410 e. The van der Waals surface area contributed by atoms with Crippen molar-refractivity contribution in [1.29, 1.82) is 0 Å². The second-order valence-corrected chi connectivity index (χ2v) is 3.00. The molecule has 4 nitrogen and oxygen atoms in total. The van der Waals surface area contributed by atoms with E-state index in [1.165, 1.54) is 12.0 Å². The molecule has 80 valence electrons. The fourth-order valence-corrected chi connectivity index (χ4v) is 1.23. The number of ether oxygens (including phenoxy) is 1. The van der Waals surface area contributed by atoms with Gasteiger partial charge in [-0.1, -0.05) is 30.3 Å². The summed E-state index contributed by atoms with van der Waals surface area (Å²) in [5, 5.41) is 0. The monoisotopic (exact) mass is 207 g/mol. The zero-order chi connectivity index (χ0) is 11.1. The van der Waals surface area contributed by atoms with E-state index in [4.69, 9.17) is 0 Å². The molecular weight excluding hydrogens is 194 g/mol.